The molecule has 1 aliphatic heterocycles. The minimum atomic E-state index is -0.304. The normalized spacial score (nSPS) is 14.7. The van der Waals surface area contributed by atoms with Crippen molar-refractivity contribution in [2.24, 2.45) is 0 Å². The Bertz CT molecular complexity index is 859. The minimum Gasteiger partial charge on any atom is -0.455 e. The molecule has 0 atom stereocenters. The van der Waals surface area contributed by atoms with E-state index in [0.29, 0.717) is 18.7 Å². The molecule has 1 saturated heterocycles. The first-order chi connectivity index (χ1) is 11.2. The predicted molar refractivity (Wildman–Crippen MR) is 87.4 cm³/mol. The number of anilines is 1. The smallest absolute Gasteiger partial charge is 0.338 e. The van der Waals surface area contributed by atoms with E-state index in [1.165, 1.54) is 23.5 Å². The summed E-state index contributed by atoms with van der Waals surface area (Å²) in [7, 11) is 0. The van der Waals surface area contributed by atoms with Gasteiger partial charge in [-0.15, -0.1) is 0 Å². The SMILES string of the molecule is O=C(OC1CN(c2nc3ccc(F)cc3s2)C1)c1ccccc1. The van der Waals surface area contributed by atoms with Crippen molar-refractivity contribution in [3.8, 4) is 0 Å². The number of benzene rings is 2. The van der Waals surface area contributed by atoms with E-state index in [1.807, 2.05) is 23.1 Å². The van der Waals surface area contributed by atoms with E-state index in [9.17, 15) is 9.18 Å². The first-order valence-electron chi connectivity index (χ1n) is 7.26. The maximum atomic E-state index is 13.2. The molecular weight excluding hydrogens is 315 g/mol. The number of ether oxygens (including phenoxy) is 1. The molecule has 0 amide bonds. The molecule has 1 aliphatic rings. The monoisotopic (exact) mass is 328 g/mol. The van der Waals surface area contributed by atoms with Crippen LogP contribution >= 0.6 is 11.3 Å². The molecule has 23 heavy (non-hydrogen) atoms. The van der Waals surface area contributed by atoms with Gasteiger partial charge in [-0.3, -0.25) is 0 Å². The van der Waals surface area contributed by atoms with Crippen molar-refractivity contribution >= 4 is 32.7 Å². The van der Waals surface area contributed by atoms with Gasteiger partial charge in [0.25, 0.3) is 0 Å². The number of aromatic nitrogens is 1. The van der Waals surface area contributed by atoms with Gasteiger partial charge in [0.15, 0.2) is 5.13 Å². The van der Waals surface area contributed by atoms with E-state index in [-0.39, 0.29) is 17.9 Å². The molecule has 0 saturated carbocycles. The summed E-state index contributed by atoms with van der Waals surface area (Å²) in [6.45, 7) is 1.22. The number of nitrogens with zero attached hydrogens (tertiary/aromatic N) is 2. The van der Waals surface area contributed by atoms with Crippen molar-refractivity contribution in [2.45, 2.75) is 6.10 Å². The number of rotatable bonds is 3. The first-order valence-corrected chi connectivity index (χ1v) is 8.08. The van der Waals surface area contributed by atoms with Crippen LogP contribution in [0.4, 0.5) is 9.52 Å². The van der Waals surface area contributed by atoms with Gasteiger partial charge in [-0.25, -0.2) is 14.2 Å². The van der Waals surface area contributed by atoms with Gasteiger partial charge in [0, 0.05) is 0 Å². The number of hydrogen-bond donors (Lipinski definition) is 0. The lowest BCUT2D eigenvalue weighted by Gasteiger charge is -2.38. The maximum Gasteiger partial charge on any atom is 0.338 e. The zero-order valence-electron chi connectivity index (χ0n) is 12.1. The molecule has 2 heterocycles. The van der Waals surface area contributed by atoms with E-state index in [0.717, 1.165) is 15.3 Å². The van der Waals surface area contributed by atoms with Crippen molar-refractivity contribution < 1.29 is 13.9 Å². The molecule has 1 fully saturated rings. The molecule has 0 N–H and O–H groups in total. The Kier molecular flexibility index (Phi) is 3.46. The molecule has 3 aromatic rings. The third-order valence-corrected chi connectivity index (χ3v) is 4.82. The second kappa shape index (κ2) is 5.62. The average Bonchev–Trinajstić information content (AvgIpc) is 2.93. The molecule has 6 heteroatoms. The molecule has 2 aromatic carbocycles. The van der Waals surface area contributed by atoms with Crippen LogP contribution in [0.3, 0.4) is 0 Å². The quantitative estimate of drug-likeness (QED) is 0.690. The molecule has 0 spiro atoms. The zero-order chi connectivity index (χ0) is 15.8. The molecule has 1 aromatic heterocycles. The summed E-state index contributed by atoms with van der Waals surface area (Å²) >= 11 is 1.45. The molecule has 4 rings (SSSR count). The number of carbonyl (C=O) groups is 1. The minimum absolute atomic E-state index is 0.133. The summed E-state index contributed by atoms with van der Waals surface area (Å²) in [6.07, 6.45) is -0.133. The van der Waals surface area contributed by atoms with Gasteiger partial charge >= 0.3 is 5.97 Å². The molecule has 4 nitrogen and oxygen atoms in total. The third-order valence-electron chi connectivity index (χ3n) is 3.74. The van der Waals surface area contributed by atoms with Crippen LogP contribution in [0.1, 0.15) is 10.4 Å². The van der Waals surface area contributed by atoms with Crippen LogP contribution in [0.15, 0.2) is 48.5 Å². The average molecular weight is 328 g/mol. The number of hydrogen-bond acceptors (Lipinski definition) is 5. The number of esters is 1. The van der Waals surface area contributed by atoms with Crippen LogP contribution in [-0.2, 0) is 4.74 Å². The lowest BCUT2D eigenvalue weighted by atomic mass is 10.2. The first kappa shape index (κ1) is 14.1. The van der Waals surface area contributed by atoms with Crippen LogP contribution in [0.2, 0.25) is 0 Å². The van der Waals surface area contributed by atoms with Gasteiger partial charge in [0.2, 0.25) is 0 Å². The highest BCUT2D eigenvalue weighted by atomic mass is 32.1. The Labute approximate surface area is 136 Å². The second-order valence-corrected chi connectivity index (χ2v) is 6.42. The van der Waals surface area contributed by atoms with Gasteiger partial charge in [0.05, 0.1) is 28.9 Å². The standard InChI is InChI=1S/C17H13FN2O2S/c18-12-6-7-14-15(8-12)23-17(19-14)20-9-13(10-20)22-16(21)11-4-2-1-3-5-11/h1-8,13H,9-10H2. The van der Waals surface area contributed by atoms with Gasteiger partial charge in [-0.1, -0.05) is 29.5 Å². The Morgan fingerprint density at radius 2 is 2.00 bits per heavy atom. The molecule has 0 unspecified atom stereocenters. The van der Waals surface area contributed by atoms with Crippen molar-refractivity contribution in [3.05, 3.63) is 59.9 Å². The van der Waals surface area contributed by atoms with Crippen LogP contribution in [0.25, 0.3) is 10.2 Å². The fourth-order valence-corrected chi connectivity index (χ4v) is 3.49. The van der Waals surface area contributed by atoms with E-state index in [2.05, 4.69) is 4.98 Å². The second-order valence-electron chi connectivity index (χ2n) is 5.41. The lowest BCUT2D eigenvalue weighted by molar-refractivity contribution is 0.0234. The summed E-state index contributed by atoms with van der Waals surface area (Å²) < 4.78 is 19.5. The van der Waals surface area contributed by atoms with Crippen LogP contribution in [0.5, 0.6) is 0 Å². The number of halogens is 1. The summed E-state index contributed by atoms with van der Waals surface area (Å²) in [5, 5.41) is 0.831. The predicted octanol–water partition coefficient (Wildman–Crippen LogP) is 3.48. The number of carbonyl (C=O) groups excluding carboxylic acids is 1. The maximum absolute atomic E-state index is 13.2. The van der Waals surface area contributed by atoms with Gasteiger partial charge < -0.3 is 9.64 Å². The third kappa shape index (κ3) is 2.77. The molecule has 0 radical (unpaired) electrons. The van der Waals surface area contributed by atoms with Crippen LogP contribution < -0.4 is 4.90 Å². The Hall–Kier alpha value is -2.47. The highest BCUT2D eigenvalue weighted by Gasteiger charge is 2.32. The summed E-state index contributed by atoms with van der Waals surface area (Å²) in [5.41, 5.74) is 1.34. The van der Waals surface area contributed by atoms with Gasteiger partial charge in [-0.2, -0.15) is 0 Å². The van der Waals surface area contributed by atoms with Crippen molar-refractivity contribution in [2.75, 3.05) is 18.0 Å². The molecule has 0 bridgehead atoms. The summed E-state index contributed by atoms with van der Waals surface area (Å²) in [4.78, 5) is 18.5. The van der Waals surface area contributed by atoms with Crippen molar-refractivity contribution in [1.29, 1.82) is 0 Å². The topological polar surface area (TPSA) is 42.4 Å². The fraction of sp³-hybridized carbons (Fsp3) is 0.176. The lowest BCUT2D eigenvalue weighted by Crippen LogP contribution is -2.53. The Balaban J connectivity index is 1.40. The highest BCUT2D eigenvalue weighted by molar-refractivity contribution is 7.22. The van der Waals surface area contributed by atoms with E-state index < -0.39 is 0 Å². The highest BCUT2D eigenvalue weighted by Crippen LogP contribution is 2.32. The van der Waals surface area contributed by atoms with Crippen LogP contribution in [-0.4, -0.2) is 30.1 Å². The Morgan fingerprint density at radius 1 is 1.22 bits per heavy atom. The van der Waals surface area contributed by atoms with Crippen LogP contribution in [0, 0.1) is 5.82 Å². The summed E-state index contributed by atoms with van der Waals surface area (Å²) in [6, 6.07) is 13.5. The summed E-state index contributed by atoms with van der Waals surface area (Å²) in [5.74, 6) is -0.562. The van der Waals surface area contributed by atoms with Gasteiger partial charge in [-0.05, 0) is 30.3 Å². The fourth-order valence-electron chi connectivity index (χ4n) is 2.48. The largest absolute Gasteiger partial charge is 0.455 e. The number of thiazole rings is 1. The van der Waals surface area contributed by atoms with Gasteiger partial charge in [0.1, 0.15) is 11.9 Å². The molecule has 0 aliphatic carbocycles. The number of fused-ring (bicyclic) bond motifs is 1. The van der Waals surface area contributed by atoms with E-state index in [1.54, 1.807) is 18.2 Å². The van der Waals surface area contributed by atoms with Crippen molar-refractivity contribution in [1.82, 2.24) is 4.98 Å². The van der Waals surface area contributed by atoms with Crippen molar-refractivity contribution in [3.63, 3.8) is 0 Å². The zero-order valence-corrected chi connectivity index (χ0v) is 12.9. The molecule has 116 valence electrons. The molecular formula is C17H13FN2O2S. The van der Waals surface area contributed by atoms with E-state index >= 15 is 0 Å². The van der Waals surface area contributed by atoms with E-state index in [4.69, 9.17) is 4.74 Å². The Morgan fingerprint density at radius 3 is 2.78 bits per heavy atom.